The molecule has 0 bridgehead atoms. The maximum absolute atomic E-state index is 11.7. The lowest BCUT2D eigenvalue weighted by atomic mass is 9.74. The van der Waals surface area contributed by atoms with Crippen LogP contribution in [0.1, 0.15) is 46.0 Å². The van der Waals surface area contributed by atoms with Gasteiger partial charge in [-0.1, -0.05) is 19.1 Å². The van der Waals surface area contributed by atoms with Crippen molar-refractivity contribution in [3.8, 4) is 0 Å². The van der Waals surface area contributed by atoms with E-state index in [-0.39, 0.29) is 12.0 Å². The number of esters is 1. The molecule has 2 rings (SSSR count). The first-order chi connectivity index (χ1) is 9.91. The average Bonchev–Trinajstić information content (AvgIpc) is 2.70. The van der Waals surface area contributed by atoms with E-state index in [0.29, 0.717) is 12.8 Å². The van der Waals surface area contributed by atoms with Gasteiger partial charge in [0.1, 0.15) is 0 Å². The van der Waals surface area contributed by atoms with Gasteiger partial charge in [-0.25, -0.2) is 4.79 Å². The highest BCUT2D eigenvalue weighted by Gasteiger charge is 2.46. The predicted octanol–water partition coefficient (Wildman–Crippen LogP) is 2.35. The monoisotopic (exact) mass is 294 g/mol. The Balaban J connectivity index is 2.21. The van der Waals surface area contributed by atoms with Gasteiger partial charge >= 0.3 is 5.97 Å². The molecule has 1 aliphatic heterocycles. The van der Waals surface area contributed by atoms with E-state index in [1.54, 1.807) is 0 Å². The van der Waals surface area contributed by atoms with Gasteiger partial charge in [0.25, 0.3) is 0 Å². The Kier molecular flexibility index (Phi) is 5.22. The molecule has 1 fully saturated rings. The minimum absolute atomic E-state index is 0.106. The number of carbonyl (C=O) groups is 1. The molecule has 0 aromatic carbocycles. The minimum Gasteiger partial charge on any atom is -0.460 e. The number of aliphatic hydroxyl groups excluding tert-OH is 2. The third-order valence-electron chi connectivity index (χ3n) is 4.81. The van der Waals surface area contributed by atoms with E-state index in [4.69, 9.17) is 4.74 Å². The molecule has 1 aliphatic carbocycles. The molecule has 0 saturated heterocycles. The van der Waals surface area contributed by atoms with Gasteiger partial charge in [0, 0.05) is 11.5 Å². The van der Waals surface area contributed by atoms with Crippen molar-refractivity contribution in [2.24, 2.45) is 11.3 Å². The molecule has 2 N–H and O–H groups in total. The summed E-state index contributed by atoms with van der Waals surface area (Å²) in [6, 6.07) is 0. The van der Waals surface area contributed by atoms with Gasteiger partial charge in [-0.15, -0.1) is 0 Å². The zero-order valence-electron chi connectivity index (χ0n) is 12.9. The van der Waals surface area contributed by atoms with Crippen LogP contribution in [0.3, 0.4) is 0 Å². The second-order valence-electron chi connectivity index (χ2n) is 6.62. The summed E-state index contributed by atoms with van der Waals surface area (Å²) >= 11 is 0. The van der Waals surface area contributed by atoms with Crippen molar-refractivity contribution in [3.63, 3.8) is 0 Å². The van der Waals surface area contributed by atoms with Crippen LogP contribution in [0.5, 0.6) is 0 Å². The van der Waals surface area contributed by atoms with E-state index in [2.05, 4.69) is 12.2 Å². The lowest BCUT2D eigenvalue weighted by Gasteiger charge is -2.33. The molecule has 21 heavy (non-hydrogen) atoms. The fraction of sp³-hybridized carbons (Fsp3) is 0.706. The third kappa shape index (κ3) is 3.95. The molecule has 0 unspecified atom stereocenters. The van der Waals surface area contributed by atoms with Crippen LogP contribution in [-0.4, -0.2) is 34.5 Å². The normalized spacial score (nSPS) is 44.7. The number of hydrogen-bond acceptors (Lipinski definition) is 4. The lowest BCUT2D eigenvalue weighted by Crippen LogP contribution is -2.34. The maximum Gasteiger partial charge on any atom is 0.330 e. The van der Waals surface area contributed by atoms with Crippen molar-refractivity contribution in [2.75, 3.05) is 0 Å². The van der Waals surface area contributed by atoms with Crippen molar-refractivity contribution in [2.45, 2.75) is 64.3 Å². The van der Waals surface area contributed by atoms with Crippen LogP contribution < -0.4 is 0 Å². The summed E-state index contributed by atoms with van der Waals surface area (Å²) in [4.78, 5) is 11.7. The number of hydrogen-bond donors (Lipinski definition) is 2. The highest BCUT2D eigenvalue weighted by Crippen LogP contribution is 2.47. The Morgan fingerprint density at radius 1 is 1.33 bits per heavy atom. The fourth-order valence-corrected chi connectivity index (χ4v) is 3.41. The third-order valence-corrected chi connectivity index (χ3v) is 4.81. The van der Waals surface area contributed by atoms with E-state index in [9.17, 15) is 15.0 Å². The topological polar surface area (TPSA) is 66.8 Å². The van der Waals surface area contributed by atoms with Crippen LogP contribution in [-0.2, 0) is 9.53 Å². The number of carbonyl (C=O) groups excluding carboxylic acids is 1. The first-order valence-corrected chi connectivity index (χ1v) is 7.83. The number of cyclic esters (lactones) is 1. The van der Waals surface area contributed by atoms with Crippen molar-refractivity contribution < 1.29 is 19.7 Å². The summed E-state index contributed by atoms with van der Waals surface area (Å²) < 4.78 is 5.27. The predicted molar refractivity (Wildman–Crippen MR) is 80.5 cm³/mol. The van der Waals surface area contributed by atoms with E-state index in [1.807, 2.05) is 13.8 Å². The van der Waals surface area contributed by atoms with E-state index < -0.39 is 23.6 Å². The zero-order chi connectivity index (χ0) is 15.5. The van der Waals surface area contributed by atoms with Crippen molar-refractivity contribution in [1.29, 1.82) is 0 Å². The van der Waals surface area contributed by atoms with Gasteiger partial charge in [-0.2, -0.15) is 0 Å². The summed E-state index contributed by atoms with van der Waals surface area (Å²) in [5, 5.41) is 20.4. The molecule has 5 atom stereocenters. The molecule has 1 heterocycles. The van der Waals surface area contributed by atoms with Crippen molar-refractivity contribution in [3.05, 3.63) is 24.3 Å². The first kappa shape index (κ1) is 16.2. The fourth-order valence-electron chi connectivity index (χ4n) is 3.41. The maximum atomic E-state index is 11.7. The molecular weight excluding hydrogens is 268 g/mol. The summed E-state index contributed by atoms with van der Waals surface area (Å²) in [6.07, 6.45) is 9.72. The summed E-state index contributed by atoms with van der Waals surface area (Å²) in [7, 11) is 0. The van der Waals surface area contributed by atoms with Crippen LogP contribution in [0, 0.1) is 11.3 Å². The molecule has 0 aromatic rings. The smallest absolute Gasteiger partial charge is 0.330 e. The standard InChI is InChI=1S/C17H26O4/c1-12-6-4-3-5-7-13-10-14(18)11-17(13,2)15(19)8-9-16(20)21-12/h5,7-9,12-15,18-19H,3-4,6,10-11H2,1-2H3/b7-5+,9-8+/t12-,13+,14-,15+,17+/m0/s1. The second kappa shape index (κ2) is 6.75. The van der Waals surface area contributed by atoms with Gasteiger partial charge in [-0.05, 0) is 51.0 Å². The van der Waals surface area contributed by atoms with E-state index in [0.717, 1.165) is 19.3 Å². The second-order valence-corrected chi connectivity index (χ2v) is 6.62. The van der Waals surface area contributed by atoms with Gasteiger partial charge in [0.2, 0.25) is 0 Å². The quantitative estimate of drug-likeness (QED) is 0.531. The van der Waals surface area contributed by atoms with E-state index >= 15 is 0 Å². The molecule has 118 valence electrons. The van der Waals surface area contributed by atoms with Gasteiger partial charge in [0.15, 0.2) is 0 Å². The molecular formula is C17H26O4. The molecule has 0 amide bonds. The van der Waals surface area contributed by atoms with Gasteiger partial charge < -0.3 is 14.9 Å². The van der Waals surface area contributed by atoms with E-state index in [1.165, 1.54) is 12.2 Å². The Morgan fingerprint density at radius 2 is 2.10 bits per heavy atom. The minimum atomic E-state index is -0.770. The Bertz CT molecular complexity index is 429. The van der Waals surface area contributed by atoms with Crippen molar-refractivity contribution in [1.82, 2.24) is 0 Å². The number of aliphatic hydroxyl groups is 2. The Hall–Kier alpha value is -1.13. The largest absolute Gasteiger partial charge is 0.460 e. The summed E-state index contributed by atoms with van der Waals surface area (Å²) in [6.45, 7) is 3.86. The molecule has 4 nitrogen and oxygen atoms in total. The van der Waals surface area contributed by atoms with Crippen LogP contribution in [0.25, 0.3) is 0 Å². The van der Waals surface area contributed by atoms with Crippen LogP contribution in [0.4, 0.5) is 0 Å². The van der Waals surface area contributed by atoms with Crippen LogP contribution >= 0.6 is 0 Å². The molecule has 0 aromatic heterocycles. The Morgan fingerprint density at radius 3 is 2.86 bits per heavy atom. The van der Waals surface area contributed by atoms with Gasteiger partial charge in [-0.3, -0.25) is 0 Å². The number of ether oxygens (including phenoxy) is 1. The SMILES string of the molecule is C[C@H]1CCC/C=C/[C@@H]2C[C@H](O)C[C@@]2(C)[C@H](O)/C=C/C(=O)O1. The highest BCUT2D eigenvalue weighted by atomic mass is 16.5. The van der Waals surface area contributed by atoms with Gasteiger partial charge in [0.05, 0.1) is 18.3 Å². The number of allylic oxidation sites excluding steroid dienone is 2. The Labute approximate surface area is 126 Å². The highest BCUT2D eigenvalue weighted by molar-refractivity contribution is 5.82. The van der Waals surface area contributed by atoms with Crippen LogP contribution in [0.15, 0.2) is 24.3 Å². The molecule has 0 spiro atoms. The molecule has 1 saturated carbocycles. The number of fused-ring (bicyclic) bond motifs is 1. The molecule has 2 aliphatic rings. The summed E-state index contributed by atoms with van der Waals surface area (Å²) in [5.41, 5.74) is -0.438. The summed E-state index contributed by atoms with van der Waals surface area (Å²) in [5.74, 6) is -0.284. The zero-order valence-corrected chi connectivity index (χ0v) is 12.9. The van der Waals surface area contributed by atoms with Crippen molar-refractivity contribution >= 4 is 5.97 Å². The molecule has 0 radical (unpaired) electrons. The number of rotatable bonds is 0. The molecule has 4 heteroatoms. The average molecular weight is 294 g/mol. The lowest BCUT2D eigenvalue weighted by molar-refractivity contribution is -0.142. The van der Waals surface area contributed by atoms with Crippen LogP contribution in [0.2, 0.25) is 0 Å². The first-order valence-electron chi connectivity index (χ1n) is 7.83.